The fourth-order valence-corrected chi connectivity index (χ4v) is 2.34. The molecule has 0 spiro atoms. The van der Waals surface area contributed by atoms with Crippen LogP contribution in [0.5, 0.6) is 5.88 Å². The second-order valence-electron chi connectivity index (χ2n) is 5.00. The van der Waals surface area contributed by atoms with Crippen LogP contribution in [0.15, 0.2) is 24.0 Å². The minimum absolute atomic E-state index is 0.0923. The molecule has 2 aromatic rings. The number of hydrogen-bond donors (Lipinski definition) is 1. The van der Waals surface area contributed by atoms with E-state index >= 15 is 0 Å². The van der Waals surface area contributed by atoms with E-state index in [9.17, 15) is 0 Å². The summed E-state index contributed by atoms with van der Waals surface area (Å²) in [6.07, 6.45) is 3.39. The molecule has 102 valence electrons. The third-order valence-electron chi connectivity index (χ3n) is 2.41. The molecule has 2 heterocycles. The van der Waals surface area contributed by atoms with Crippen LogP contribution in [-0.4, -0.2) is 21.1 Å². The summed E-state index contributed by atoms with van der Waals surface area (Å²) < 4.78 is 5.56. The second-order valence-corrected chi connectivity index (χ2v) is 5.89. The lowest BCUT2D eigenvalue weighted by atomic mass is 10.1. The zero-order valence-corrected chi connectivity index (χ0v) is 12.4. The zero-order valence-electron chi connectivity index (χ0n) is 11.5. The van der Waals surface area contributed by atoms with Crippen molar-refractivity contribution in [2.75, 3.05) is 5.32 Å². The van der Waals surface area contributed by atoms with E-state index in [1.54, 1.807) is 23.6 Å². The van der Waals surface area contributed by atoms with Gasteiger partial charge in [0, 0.05) is 17.6 Å². The number of hydrogen-bond acceptors (Lipinski definition) is 6. The molecule has 0 bridgehead atoms. The van der Waals surface area contributed by atoms with Gasteiger partial charge in [-0.15, -0.1) is 11.3 Å². The Morgan fingerprint density at radius 2 is 2.05 bits per heavy atom. The van der Waals surface area contributed by atoms with Crippen molar-refractivity contribution in [2.24, 2.45) is 0 Å². The van der Waals surface area contributed by atoms with Crippen molar-refractivity contribution in [3.8, 4) is 5.88 Å². The molecule has 2 rings (SSSR count). The van der Waals surface area contributed by atoms with Gasteiger partial charge in [-0.1, -0.05) is 0 Å². The molecular formula is C13H18N4OS. The summed E-state index contributed by atoms with van der Waals surface area (Å²) in [5.74, 6) is 1.30. The molecule has 19 heavy (non-hydrogen) atoms. The maximum absolute atomic E-state index is 5.56. The lowest BCUT2D eigenvalue weighted by Crippen LogP contribution is -2.28. The second kappa shape index (κ2) is 5.52. The van der Waals surface area contributed by atoms with Crippen molar-refractivity contribution < 1.29 is 4.74 Å². The van der Waals surface area contributed by atoms with Gasteiger partial charge in [0.2, 0.25) is 5.88 Å². The van der Waals surface area contributed by atoms with Gasteiger partial charge >= 0.3 is 0 Å². The minimum atomic E-state index is -0.280. The summed E-state index contributed by atoms with van der Waals surface area (Å²) in [5.41, 5.74) is -0.280. The smallest absolute Gasteiger partial charge is 0.218 e. The molecule has 0 aliphatic rings. The lowest BCUT2D eigenvalue weighted by Gasteiger charge is -2.24. The van der Waals surface area contributed by atoms with Crippen LogP contribution in [0.4, 0.5) is 5.82 Å². The third kappa shape index (κ3) is 3.64. The Hall–Kier alpha value is -1.69. The molecular weight excluding hydrogens is 260 g/mol. The van der Waals surface area contributed by atoms with E-state index in [0.717, 1.165) is 10.8 Å². The van der Waals surface area contributed by atoms with E-state index in [1.807, 2.05) is 19.2 Å². The van der Waals surface area contributed by atoms with Crippen LogP contribution in [-0.2, 0) is 5.54 Å². The molecule has 0 saturated heterocycles. The Bertz CT molecular complexity index is 525. The molecule has 6 heteroatoms. The first-order chi connectivity index (χ1) is 8.97. The van der Waals surface area contributed by atoms with Crippen molar-refractivity contribution in [1.82, 2.24) is 15.0 Å². The third-order valence-corrected chi connectivity index (χ3v) is 3.50. The molecule has 0 atom stereocenters. The highest BCUT2D eigenvalue weighted by Crippen LogP contribution is 2.27. The van der Waals surface area contributed by atoms with Crippen LogP contribution in [0.1, 0.15) is 32.7 Å². The highest BCUT2D eigenvalue weighted by atomic mass is 32.1. The Balaban J connectivity index is 2.15. The standard InChI is InChI=1S/C13H18N4OS/c1-9(2)18-11-7-10(15-8-16-11)17-13(3,4)12-14-5-6-19-12/h5-9H,1-4H3,(H,15,16,17). The fourth-order valence-electron chi connectivity index (χ4n) is 1.62. The van der Waals surface area contributed by atoms with E-state index in [1.165, 1.54) is 6.33 Å². The van der Waals surface area contributed by atoms with Crippen LogP contribution < -0.4 is 10.1 Å². The summed E-state index contributed by atoms with van der Waals surface area (Å²) in [4.78, 5) is 12.6. The molecule has 1 N–H and O–H groups in total. The minimum Gasteiger partial charge on any atom is -0.475 e. The molecule has 0 aromatic carbocycles. The zero-order chi connectivity index (χ0) is 13.9. The molecule has 0 saturated carbocycles. The summed E-state index contributed by atoms with van der Waals surface area (Å²) in [5, 5.41) is 6.33. The van der Waals surface area contributed by atoms with Crippen molar-refractivity contribution >= 4 is 17.2 Å². The van der Waals surface area contributed by atoms with Gasteiger partial charge < -0.3 is 10.1 Å². The van der Waals surface area contributed by atoms with Crippen LogP contribution in [0.2, 0.25) is 0 Å². The number of rotatable bonds is 5. The summed E-state index contributed by atoms with van der Waals surface area (Å²) in [7, 11) is 0. The average Bonchev–Trinajstić information content (AvgIpc) is 2.81. The van der Waals surface area contributed by atoms with E-state index in [-0.39, 0.29) is 11.6 Å². The van der Waals surface area contributed by atoms with E-state index in [4.69, 9.17) is 4.74 Å². The van der Waals surface area contributed by atoms with Gasteiger partial charge in [-0.25, -0.2) is 15.0 Å². The van der Waals surface area contributed by atoms with Gasteiger partial charge in [-0.05, 0) is 27.7 Å². The van der Waals surface area contributed by atoms with Gasteiger partial charge in [0.15, 0.2) is 0 Å². The van der Waals surface area contributed by atoms with Gasteiger partial charge in [-0.3, -0.25) is 0 Å². The molecule has 0 amide bonds. The van der Waals surface area contributed by atoms with Crippen molar-refractivity contribution in [3.05, 3.63) is 29.0 Å². The molecule has 0 unspecified atom stereocenters. The van der Waals surface area contributed by atoms with Crippen molar-refractivity contribution in [3.63, 3.8) is 0 Å². The summed E-state index contributed by atoms with van der Waals surface area (Å²) >= 11 is 1.62. The topological polar surface area (TPSA) is 59.9 Å². The van der Waals surface area contributed by atoms with Gasteiger partial charge in [0.05, 0.1) is 11.6 Å². The predicted molar refractivity (Wildman–Crippen MR) is 76.6 cm³/mol. The van der Waals surface area contributed by atoms with Crippen molar-refractivity contribution in [1.29, 1.82) is 0 Å². The molecule has 2 aromatic heterocycles. The number of ether oxygens (including phenoxy) is 1. The molecule has 0 aliphatic heterocycles. The van der Waals surface area contributed by atoms with Crippen LogP contribution in [0, 0.1) is 0 Å². The Kier molecular flexibility index (Phi) is 3.99. The molecule has 0 fully saturated rings. The summed E-state index contributed by atoms with van der Waals surface area (Å²) in [6, 6.07) is 1.80. The molecule has 0 aliphatic carbocycles. The maximum Gasteiger partial charge on any atom is 0.218 e. The Morgan fingerprint density at radius 1 is 1.26 bits per heavy atom. The number of nitrogens with one attached hydrogen (secondary N) is 1. The van der Waals surface area contributed by atoms with E-state index in [2.05, 4.69) is 34.1 Å². The number of thiazole rings is 1. The first-order valence-electron chi connectivity index (χ1n) is 6.14. The number of nitrogens with zero attached hydrogens (tertiary/aromatic N) is 3. The highest BCUT2D eigenvalue weighted by Gasteiger charge is 2.23. The van der Waals surface area contributed by atoms with E-state index in [0.29, 0.717) is 5.88 Å². The molecule has 0 radical (unpaired) electrons. The van der Waals surface area contributed by atoms with Crippen LogP contribution in [0.3, 0.4) is 0 Å². The molecule has 5 nitrogen and oxygen atoms in total. The first kappa shape index (κ1) is 13.7. The van der Waals surface area contributed by atoms with Gasteiger partial charge in [-0.2, -0.15) is 0 Å². The first-order valence-corrected chi connectivity index (χ1v) is 7.02. The monoisotopic (exact) mass is 278 g/mol. The lowest BCUT2D eigenvalue weighted by molar-refractivity contribution is 0.232. The quantitative estimate of drug-likeness (QED) is 0.910. The maximum atomic E-state index is 5.56. The van der Waals surface area contributed by atoms with Crippen molar-refractivity contribution in [2.45, 2.75) is 39.3 Å². The highest BCUT2D eigenvalue weighted by molar-refractivity contribution is 7.09. The van der Waals surface area contributed by atoms with Crippen LogP contribution in [0.25, 0.3) is 0 Å². The number of anilines is 1. The fraction of sp³-hybridized carbons (Fsp3) is 0.462. The Labute approximate surface area is 117 Å². The average molecular weight is 278 g/mol. The van der Waals surface area contributed by atoms with Gasteiger partial charge in [0.25, 0.3) is 0 Å². The SMILES string of the molecule is CC(C)Oc1cc(NC(C)(C)c2nccs2)ncn1. The van der Waals surface area contributed by atoms with E-state index < -0.39 is 0 Å². The summed E-state index contributed by atoms with van der Waals surface area (Å²) in [6.45, 7) is 8.07. The van der Waals surface area contributed by atoms with Gasteiger partial charge in [0.1, 0.15) is 17.2 Å². The van der Waals surface area contributed by atoms with Crippen LogP contribution >= 0.6 is 11.3 Å². The number of aromatic nitrogens is 3. The normalized spacial score (nSPS) is 11.6. The Morgan fingerprint density at radius 3 is 2.68 bits per heavy atom. The largest absolute Gasteiger partial charge is 0.475 e. The predicted octanol–water partition coefficient (Wildman–Crippen LogP) is 3.07.